The number of fused-ring (bicyclic) bond motifs is 1. The van der Waals surface area contributed by atoms with Crippen molar-refractivity contribution < 1.29 is 9.47 Å². The molecule has 0 atom stereocenters. The second-order valence-electron chi connectivity index (χ2n) is 6.15. The maximum absolute atomic E-state index is 6.15. The highest BCUT2D eigenvalue weighted by Crippen LogP contribution is 2.33. The van der Waals surface area contributed by atoms with Crippen LogP contribution in [-0.4, -0.2) is 24.2 Å². The highest BCUT2D eigenvalue weighted by Gasteiger charge is 2.13. The number of halogens is 1. The molecule has 4 aromatic rings. The Hall–Kier alpha value is -3.31. The van der Waals surface area contributed by atoms with Crippen molar-refractivity contribution >= 4 is 34.1 Å². The molecule has 5 nitrogen and oxygen atoms in total. The fraction of sp³-hybridized carbons (Fsp3) is 0.0909. The van der Waals surface area contributed by atoms with Gasteiger partial charge in [0.15, 0.2) is 5.82 Å². The summed E-state index contributed by atoms with van der Waals surface area (Å²) < 4.78 is 10.7. The molecule has 3 aromatic carbocycles. The summed E-state index contributed by atoms with van der Waals surface area (Å²) in [4.78, 5) is 9.60. The van der Waals surface area contributed by atoms with Gasteiger partial charge < -0.3 is 14.8 Å². The van der Waals surface area contributed by atoms with Gasteiger partial charge in [0.2, 0.25) is 0 Å². The molecule has 0 spiro atoms. The summed E-state index contributed by atoms with van der Waals surface area (Å²) in [5.41, 5.74) is 3.98. The van der Waals surface area contributed by atoms with Crippen LogP contribution in [0.4, 0.5) is 11.5 Å². The molecule has 28 heavy (non-hydrogen) atoms. The smallest absolute Gasteiger partial charge is 0.157 e. The Balaban J connectivity index is 1.87. The van der Waals surface area contributed by atoms with Crippen molar-refractivity contribution in [3.63, 3.8) is 0 Å². The summed E-state index contributed by atoms with van der Waals surface area (Å²) in [5.74, 6) is 1.98. The number of ether oxygens (including phenoxy) is 2. The summed E-state index contributed by atoms with van der Waals surface area (Å²) >= 11 is 6.15. The molecular formula is C22H18ClN3O2. The minimum absolute atomic E-state index is 0.614. The maximum atomic E-state index is 6.15. The molecule has 0 radical (unpaired) electrons. The van der Waals surface area contributed by atoms with Crippen LogP contribution in [0, 0.1) is 0 Å². The molecule has 0 aliphatic heterocycles. The zero-order valence-electron chi connectivity index (χ0n) is 15.4. The Bertz CT molecular complexity index is 1110. The van der Waals surface area contributed by atoms with Gasteiger partial charge in [-0.05, 0) is 18.2 Å². The molecule has 0 bridgehead atoms. The maximum Gasteiger partial charge on any atom is 0.157 e. The van der Waals surface area contributed by atoms with E-state index in [1.165, 1.54) is 0 Å². The van der Waals surface area contributed by atoms with E-state index < -0.39 is 0 Å². The Kier molecular flexibility index (Phi) is 5.00. The fourth-order valence-corrected chi connectivity index (χ4v) is 3.09. The molecule has 0 saturated heterocycles. The van der Waals surface area contributed by atoms with E-state index in [0.29, 0.717) is 27.9 Å². The van der Waals surface area contributed by atoms with Crippen molar-refractivity contribution in [1.29, 1.82) is 0 Å². The van der Waals surface area contributed by atoms with E-state index in [1.807, 2.05) is 60.7 Å². The number of aromatic nitrogens is 2. The third-order valence-corrected chi connectivity index (χ3v) is 4.52. The first kappa shape index (κ1) is 18.1. The summed E-state index contributed by atoms with van der Waals surface area (Å²) in [5, 5.41) is 3.97. The molecule has 1 heterocycles. The Morgan fingerprint density at radius 3 is 2.18 bits per heavy atom. The van der Waals surface area contributed by atoms with Crippen molar-refractivity contribution in [2.75, 3.05) is 19.5 Å². The molecule has 0 aliphatic rings. The molecule has 1 N–H and O–H groups in total. The standard InChI is InChI=1S/C22H18ClN3O2/c1-27-17-11-16(12-18(13-17)28-2)24-22-21(14-6-4-3-5-7-14)25-19-9-8-15(23)10-20(19)26-22/h3-13H,1-2H3,(H,24,26). The van der Waals surface area contributed by atoms with Crippen molar-refractivity contribution in [2.24, 2.45) is 0 Å². The normalized spacial score (nSPS) is 10.7. The quantitative estimate of drug-likeness (QED) is 0.472. The highest BCUT2D eigenvalue weighted by molar-refractivity contribution is 6.31. The predicted octanol–water partition coefficient (Wildman–Crippen LogP) is 5.71. The van der Waals surface area contributed by atoms with Gasteiger partial charge in [0, 0.05) is 34.5 Å². The zero-order valence-corrected chi connectivity index (χ0v) is 16.2. The first-order chi connectivity index (χ1) is 13.7. The third-order valence-electron chi connectivity index (χ3n) is 4.29. The van der Waals surface area contributed by atoms with Crippen LogP contribution in [0.5, 0.6) is 11.5 Å². The van der Waals surface area contributed by atoms with Gasteiger partial charge in [-0.1, -0.05) is 41.9 Å². The predicted molar refractivity (Wildman–Crippen MR) is 113 cm³/mol. The number of rotatable bonds is 5. The molecule has 140 valence electrons. The first-order valence-electron chi connectivity index (χ1n) is 8.69. The largest absolute Gasteiger partial charge is 0.497 e. The van der Waals surface area contributed by atoms with Crippen molar-refractivity contribution in [3.05, 3.63) is 71.8 Å². The summed E-state index contributed by atoms with van der Waals surface area (Å²) in [7, 11) is 3.23. The fourth-order valence-electron chi connectivity index (χ4n) is 2.93. The van der Waals surface area contributed by atoms with E-state index in [1.54, 1.807) is 20.3 Å². The van der Waals surface area contributed by atoms with Gasteiger partial charge in [0.1, 0.15) is 17.2 Å². The van der Waals surface area contributed by atoms with Gasteiger partial charge in [0.05, 0.1) is 25.3 Å². The van der Waals surface area contributed by atoms with Crippen LogP contribution in [-0.2, 0) is 0 Å². The second kappa shape index (κ2) is 7.74. The molecule has 0 aliphatic carbocycles. The van der Waals surface area contributed by atoms with Crippen molar-refractivity contribution in [1.82, 2.24) is 9.97 Å². The third kappa shape index (κ3) is 3.70. The molecule has 0 fully saturated rings. The van der Waals surface area contributed by atoms with Gasteiger partial charge in [-0.2, -0.15) is 0 Å². The lowest BCUT2D eigenvalue weighted by molar-refractivity contribution is 0.395. The molecular weight excluding hydrogens is 374 g/mol. The Morgan fingerprint density at radius 2 is 1.50 bits per heavy atom. The lowest BCUT2D eigenvalue weighted by Gasteiger charge is -2.14. The molecule has 0 amide bonds. The van der Waals surface area contributed by atoms with Crippen LogP contribution in [0.2, 0.25) is 5.02 Å². The minimum atomic E-state index is 0.614. The summed E-state index contributed by atoms with van der Waals surface area (Å²) in [6.07, 6.45) is 0. The number of anilines is 2. The van der Waals surface area contributed by atoms with E-state index in [-0.39, 0.29) is 0 Å². The monoisotopic (exact) mass is 391 g/mol. The van der Waals surface area contributed by atoms with E-state index in [4.69, 9.17) is 31.0 Å². The van der Waals surface area contributed by atoms with Gasteiger partial charge in [-0.25, -0.2) is 9.97 Å². The van der Waals surface area contributed by atoms with Gasteiger partial charge in [-0.15, -0.1) is 0 Å². The molecule has 1 aromatic heterocycles. The Labute approximate surface area is 167 Å². The number of hydrogen-bond donors (Lipinski definition) is 1. The summed E-state index contributed by atoms with van der Waals surface area (Å²) in [6.45, 7) is 0. The number of methoxy groups -OCH3 is 2. The average molecular weight is 392 g/mol. The SMILES string of the molecule is COc1cc(Nc2nc3cc(Cl)ccc3nc2-c2ccccc2)cc(OC)c1. The molecule has 6 heteroatoms. The Morgan fingerprint density at radius 1 is 0.786 bits per heavy atom. The lowest BCUT2D eigenvalue weighted by Crippen LogP contribution is -2.01. The van der Waals surface area contributed by atoms with Crippen LogP contribution in [0.1, 0.15) is 0 Å². The van der Waals surface area contributed by atoms with Crippen LogP contribution < -0.4 is 14.8 Å². The topological polar surface area (TPSA) is 56.3 Å². The van der Waals surface area contributed by atoms with E-state index >= 15 is 0 Å². The average Bonchev–Trinajstić information content (AvgIpc) is 2.73. The highest BCUT2D eigenvalue weighted by atomic mass is 35.5. The minimum Gasteiger partial charge on any atom is -0.497 e. The van der Waals surface area contributed by atoms with Crippen LogP contribution in [0.3, 0.4) is 0 Å². The first-order valence-corrected chi connectivity index (χ1v) is 9.07. The lowest BCUT2D eigenvalue weighted by atomic mass is 10.1. The number of hydrogen-bond acceptors (Lipinski definition) is 5. The zero-order chi connectivity index (χ0) is 19.5. The molecule has 4 rings (SSSR count). The van der Waals surface area contributed by atoms with E-state index in [9.17, 15) is 0 Å². The van der Waals surface area contributed by atoms with Crippen LogP contribution in [0.15, 0.2) is 66.7 Å². The van der Waals surface area contributed by atoms with Crippen molar-refractivity contribution in [2.45, 2.75) is 0 Å². The molecule has 0 saturated carbocycles. The number of nitrogens with zero attached hydrogens (tertiary/aromatic N) is 2. The van der Waals surface area contributed by atoms with Gasteiger partial charge in [-0.3, -0.25) is 0 Å². The second-order valence-corrected chi connectivity index (χ2v) is 6.58. The van der Waals surface area contributed by atoms with E-state index in [2.05, 4.69) is 5.32 Å². The van der Waals surface area contributed by atoms with Gasteiger partial charge >= 0.3 is 0 Å². The van der Waals surface area contributed by atoms with Crippen LogP contribution >= 0.6 is 11.6 Å². The summed E-state index contributed by atoms with van der Waals surface area (Å²) in [6, 6.07) is 21.0. The molecule has 0 unspecified atom stereocenters. The number of nitrogens with one attached hydrogen (secondary N) is 1. The van der Waals surface area contributed by atoms with Gasteiger partial charge in [0.25, 0.3) is 0 Å². The number of benzene rings is 3. The van der Waals surface area contributed by atoms with Crippen LogP contribution in [0.25, 0.3) is 22.3 Å². The van der Waals surface area contributed by atoms with E-state index in [0.717, 1.165) is 22.5 Å². The van der Waals surface area contributed by atoms with Crippen molar-refractivity contribution in [3.8, 4) is 22.8 Å².